The van der Waals surface area contributed by atoms with Crippen LogP contribution in [-0.2, 0) is 14.9 Å². The molecule has 0 spiro atoms. The first-order valence-corrected chi connectivity index (χ1v) is 11.2. The fourth-order valence-electron chi connectivity index (χ4n) is 4.66. The van der Waals surface area contributed by atoms with Gasteiger partial charge in [-0.15, -0.1) is 0 Å². The number of likely N-dealkylation sites (N-methyl/N-ethyl adjacent to an activating group) is 1. The van der Waals surface area contributed by atoms with Crippen LogP contribution in [0.1, 0.15) is 43.9 Å². The van der Waals surface area contributed by atoms with Crippen LogP contribution in [0.2, 0.25) is 0 Å². The van der Waals surface area contributed by atoms with Gasteiger partial charge in [-0.2, -0.15) is 0 Å². The number of carbonyl (C=O) groups is 1. The van der Waals surface area contributed by atoms with Crippen LogP contribution in [-0.4, -0.2) is 50.4 Å². The summed E-state index contributed by atoms with van der Waals surface area (Å²) in [7, 11) is 0. The van der Waals surface area contributed by atoms with Crippen molar-refractivity contribution in [2.45, 2.75) is 38.1 Å². The van der Waals surface area contributed by atoms with Crippen molar-refractivity contribution in [3.63, 3.8) is 0 Å². The Morgan fingerprint density at radius 2 is 1.74 bits per heavy atom. The minimum atomic E-state index is -0.301. The lowest BCUT2D eigenvalue weighted by Gasteiger charge is -2.39. The minimum Gasteiger partial charge on any atom is -0.454 e. The summed E-state index contributed by atoms with van der Waals surface area (Å²) in [5.74, 6) is 1.60. The van der Waals surface area contributed by atoms with Crippen LogP contribution < -0.4 is 14.8 Å². The molecule has 31 heavy (non-hydrogen) atoms. The summed E-state index contributed by atoms with van der Waals surface area (Å²) in [5, 5.41) is 3.30. The average Bonchev–Trinajstić information content (AvgIpc) is 3.30. The zero-order valence-electron chi connectivity index (χ0n) is 18.4. The van der Waals surface area contributed by atoms with Crippen molar-refractivity contribution in [3.05, 3.63) is 59.7 Å². The van der Waals surface area contributed by atoms with Crippen LogP contribution in [0.5, 0.6) is 11.5 Å². The van der Waals surface area contributed by atoms with E-state index in [0.29, 0.717) is 19.8 Å². The first-order chi connectivity index (χ1) is 15.2. The normalized spacial score (nSPS) is 18.0. The van der Waals surface area contributed by atoms with Gasteiger partial charge in [-0.25, -0.2) is 0 Å². The van der Waals surface area contributed by atoms with Crippen molar-refractivity contribution in [3.8, 4) is 11.5 Å². The maximum absolute atomic E-state index is 13.5. The van der Waals surface area contributed by atoms with Gasteiger partial charge >= 0.3 is 0 Å². The Morgan fingerprint density at radius 1 is 1.03 bits per heavy atom. The molecule has 0 aromatic heterocycles. The molecule has 0 aliphatic carbocycles. The van der Waals surface area contributed by atoms with E-state index in [4.69, 9.17) is 14.2 Å². The lowest BCUT2D eigenvalue weighted by Crippen LogP contribution is -2.48. The highest BCUT2D eigenvalue weighted by Crippen LogP contribution is 2.40. The van der Waals surface area contributed by atoms with Gasteiger partial charge in [-0.1, -0.05) is 50.2 Å². The van der Waals surface area contributed by atoms with Crippen molar-refractivity contribution >= 4 is 5.91 Å². The molecule has 2 aliphatic heterocycles. The monoisotopic (exact) mass is 424 g/mol. The first-order valence-electron chi connectivity index (χ1n) is 11.2. The molecule has 0 saturated carbocycles. The van der Waals surface area contributed by atoms with Crippen molar-refractivity contribution in [2.75, 3.05) is 39.6 Å². The second-order valence-corrected chi connectivity index (χ2v) is 8.21. The molecule has 0 radical (unpaired) electrons. The number of ether oxygens (including phenoxy) is 3. The molecule has 2 aromatic carbocycles. The summed E-state index contributed by atoms with van der Waals surface area (Å²) in [6.45, 7) is 8.01. The van der Waals surface area contributed by atoms with Crippen LogP contribution >= 0.6 is 0 Å². The first kappa shape index (κ1) is 21.7. The van der Waals surface area contributed by atoms with Gasteiger partial charge < -0.3 is 19.5 Å². The average molecular weight is 425 g/mol. The SMILES string of the molecule is CCN(CC)C(C(=O)NCC1(c2ccc3c(c2)OCO3)CCOCC1)c1ccccc1. The standard InChI is InChI=1S/C25H32N2O4/c1-3-27(4-2)23(19-8-6-5-7-9-19)24(28)26-17-25(12-14-29-15-13-25)20-10-11-21-22(16-20)31-18-30-21/h5-11,16,23H,3-4,12-15,17-18H2,1-2H3,(H,26,28). The number of rotatable bonds is 8. The number of nitrogens with one attached hydrogen (secondary N) is 1. The topological polar surface area (TPSA) is 60.0 Å². The Hall–Kier alpha value is -2.57. The third-order valence-electron chi connectivity index (χ3n) is 6.58. The predicted octanol–water partition coefficient (Wildman–Crippen LogP) is 3.66. The Balaban J connectivity index is 1.57. The van der Waals surface area contributed by atoms with Gasteiger partial charge in [0.15, 0.2) is 11.5 Å². The zero-order valence-corrected chi connectivity index (χ0v) is 18.4. The number of fused-ring (bicyclic) bond motifs is 1. The van der Waals surface area contributed by atoms with Crippen molar-refractivity contribution in [1.29, 1.82) is 0 Å². The second-order valence-electron chi connectivity index (χ2n) is 8.21. The molecule has 4 rings (SSSR count). The summed E-state index contributed by atoms with van der Waals surface area (Å²) in [5.41, 5.74) is 2.01. The van der Waals surface area contributed by atoms with E-state index in [-0.39, 0.29) is 24.2 Å². The number of hydrogen-bond donors (Lipinski definition) is 1. The van der Waals surface area contributed by atoms with Crippen molar-refractivity contribution < 1.29 is 19.0 Å². The van der Waals surface area contributed by atoms with Gasteiger partial charge in [0.25, 0.3) is 0 Å². The molecule has 2 heterocycles. The summed E-state index contributed by atoms with van der Waals surface area (Å²) >= 11 is 0. The van der Waals surface area contributed by atoms with Crippen LogP contribution in [0.3, 0.4) is 0 Å². The molecule has 1 saturated heterocycles. The van der Waals surface area contributed by atoms with E-state index in [1.165, 1.54) is 5.56 Å². The number of amides is 1. The van der Waals surface area contributed by atoms with Crippen molar-refractivity contribution in [1.82, 2.24) is 10.2 Å². The maximum Gasteiger partial charge on any atom is 0.241 e. The number of carbonyl (C=O) groups excluding carboxylic acids is 1. The molecule has 1 unspecified atom stereocenters. The van der Waals surface area contributed by atoms with E-state index in [1.807, 2.05) is 36.4 Å². The Morgan fingerprint density at radius 3 is 2.45 bits per heavy atom. The lowest BCUT2D eigenvalue weighted by atomic mass is 9.74. The van der Waals surface area contributed by atoms with Gasteiger partial charge in [-0.05, 0) is 49.2 Å². The van der Waals surface area contributed by atoms with Crippen LogP contribution in [0.15, 0.2) is 48.5 Å². The van der Waals surface area contributed by atoms with Gasteiger partial charge in [0.2, 0.25) is 12.7 Å². The summed E-state index contributed by atoms with van der Waals surface area (Å²) < 4.78 is 16.7. The van der Waals surface area contributed by atoms with E-state index in [0.717, 1.165) is 43.0 Å². The number of benzene rings is 2. The molecule has 6 nitrogen and oxygen atoms in total. The van der Waals surface area contributed by atoms with E-state index in [2.05, 4.69) is 36.2 Å². The number of nitrogens with zero attached hydrogens (tertiary/aromatic N) is 1. The summed E-state index contributed by atoms with van der Waals surface area (Å²) in [4.78, 5) is 15.7. The molecule has 2 aliphatic rings. The second kappa shape index (κ2) is 9.71. The predicted molar refractivity (Wildman–Crippen MR) is 119 cm³/mol. The lowest BCUT2D eigenvalue weighted by molar-refractivity contribution is -0.127. The summed E-state index contributed by atoms with van der Waals surface area (Å²) in [6, 6.07) is 15.9. The van der Waals surface area contributed by atoms with Crippen LogP contribution in [0.4, 0.5) is 0 Å². The van der Waals surface area contributed by atoms with E-state index in [1.54, 1.807) is 0 Å². The zero-order chi connectivity index (χ0) is 21.7. The molecule has 0 bridgehead atoms. The summed E-state index contributed by atoms with van der Waals surface area (Å²) in [6.07, 6.45) is 1.71. The van der Waals surface area contributed by atoms with Crippen LogP contribution in [0.25, 0.3) is 0 Å². The Bertz CT molecular complexity index is 876. The molecule has 1 amide bonds. The smallest absolute Gasteiger partial charge is 0.241 e. The molecule has 1 atom stereocenters. The highest BCUT2D eigenvalue weighted by atomic mass is 16.7. The van der Waals surface area contributed by atoms with E-state index in [9.17, 15) is 4.79 Å². The minimum absolute atomic E-state index is 0.0431. The molecule has 6 heteroatoms. The van der Waals surface area contributed by atoms with Gasteiger partial charge in [0.1, 0.15) is 6.04 Å². The number of hydrogen-bond acceptors (Lipinski definition) is 5. The van der Waals surface area contributed by atoms with Gasteiger partial charge in [0, 0.05) is 25.2 Å². The molecule has 1 N–H and O–H groups in total. The van der Waals surface area contributed by atoms with E-state index < -0.39 is 0 Å². The Labute approximate surface area is 184 Å². The molecular formula is C25H32N2O4. The fraction of sp³-hybridized carbons (Fsp3) is 0.480. The Kier molecular flexibility index (Phi) is 6.78. The molecule has 2 aromatic rings. The third-order valence-corrected chi connectivity index (χ3v) is 6.58. The highest BCUT2D eigenvalue weighted by molar-refractivity contribution is 5.83. The quantitative estimate of drug-likeness (QED) is 0.701. The molecule has 166 valence electrons. The fourth-order valence-corrected chi connectivity index (χ4v) is 4.66. The van der Waals surface area contributed by atoms with Gasteiger partial charge in [-0.3, -0.25) is 9.69 Å². The third kappa shape index (κ3) is 4.55. The molecular weight excluding hydrogens is 392 g/mol. The van der Waals surface area contributed by atoms with Crippen molar-refractivity contribution in [2.24, 2.45) is 0 Å². The largest absolute Gasteiger partial charge is 0.454 e. The van der Waals surface area contributed by atoms with E-state index >= 15 is 0 Å². The maximum atomic E-state index is 13.5. The van der Waals surface area contributed by atoms with Gasteiger partial charge in [0.05, 0.1) is 0 Å². The highest BCUT2D eigenvalue weighted by Gasteiger charge is 2.37. The molecule has 1 fully saturated rings. The van der Waals surface area contributed by atoms with Crippen LogP contribution in [0, 0.1) is 0 Å².